The number of hydrogen-bond donors (Lipinski definition) is 1. The molecule has 0 atom stereocenters. The van der Waals surface area contributed by atoms with Gasteiger partial charge in [-0.15, -0.1) is 11.3 Å². The molecule has 0 unspecified atom stereocenters. The predicted octanol–water partition coefficient (Wildman–Crippen LogP) is 4.65. The van der Waals surface area contributed by atoms with E-state index in [2.05, 4.69) is 10.3 Å². The molecule has 5 heteroatoms. The van der Waals surface area contributed by atoms with Gasteiger partial charge in [0.05, 0.1) is 21.9 Å². The molecule has 2 rings (SSSR count). The number of carbonyl (C=O) groups excluding carboxylic acids is 1. The molecule has 1 amide bonds. The van der Waals surface area contributed by atoms with E-state index in [1.165, 1.54) is 11.3 Å². The lowest BCUT2D eigenvalue weighted by atomic mass is 9.91. The maximum atomic E-state index is 12.4. The van der Waals surface area contributed by atoms with E-state index >= 15 is 0 Å². The van der Waals surface area contributed by atoms with Crippen LogP contribution in [0.15, 0.2) is 23.7 Å². The van der Waals surface area contributed by atoms with Crippen molar-refractivity contribution in [2.24, 2.45) is 0 Å². The summed E-state index contributed by atoms with van der Waals surface area (Å²) in [7, 11) is 0. The number of aromatic nitrogens is 1. The molecule has 0 bridgehead atoms. The Labute approximate surface area is 128 Å². The minimum Gasteiger partial charge on any atom is -0.320 e. The van der Waals surface area contributed by atoms with Crippen molar-refractivity contribution in [2.75, 3.05) is 5.32 Å². The molecule has 1 heterocycles. The Kier molecular flexibility index (Phi) is 4.16. The summed E-state index contributed by atoms with van der Waals surface area (Å²) < 4.78 is 0. The number of benzene rings is 1. The molecule has 0 spiro atoms. The van der Waals surface area contributed by atoms with E-state index in [0.29, 0.717) is 15.6 Å². The van der Waals surface area contributed by atoms with E-state index < -0.39 is 0 Å². The second-order valence-corrected chi connectivity index (χ2v) is 6.93. The fraction of sp³-hybridized carbons (Fsp3) is 0.333. The molecule has 106 valence electrons. The zero-order chi connectivity index (χ0) is 14.9. The Balaban J connectivity index is 2.32. The molecule has 3 nitrogen and oxygen atoms in total. The quantitative estimate of drug-likeness (QED) is 0.877. The first-order valence-electron chi connectivity index (χ1n) is 6.31. The third-order valence-electron chi connectivity index (χ3n) is 2.94. The number of rotatable bonds is 2. The van der Waals surface area contributed by atoms with Crippen LogP contribution in [0.2, 0.25) is 5.02 Å². The van der Waals surface area contributed by atoms with Crippen LogP contribution >= 0.6 is 22.9 Å². The Morgan fingerprint density at radius 3 is 2.65 bits per heavy atom. The van der Waals surface area contributed by atoms with Crippen LogP contribution < -0.4 is 5.32 Å². The van der Waals surface area contributed by atoms with Gasteiger partial charge in [0.1, 0.15) is 4.88 Å². The SMILES string of the molecule is Cc1cccc(Cl)c1NC(=O)c1scnc1C(C)(C)C. The summed E-state index contributed by atoms with van der Waals surface area (Å²) in [5.74, 6) is -0.159. The number of hydrogen-bond acceptors (Lipinski definition) is 3. The first-order chi connectivity index (χ1) is 9.30. The Bertz CT molecular complexity index is 623. The van der Waals surface area contributed by atoms with Gasteiger partial charge in [0.2, 0.25) is 0 Å². The highest BCUT2D eigenvalue weighted by Crippen LogP contribution is 2.30. The fourth-order valence-electron chi connectivity index (χ4n) is 1.90. The molecule has 0 aliphatic carbocycles. The van der Waals surface area contributed by atoms with Gasteiger partial charge in [0, 0.05) is 5.41 Å². The van der Waals surface area contributed by atoms with Crippen molar-refractivity contribution < 1.29 is 4.79 Å². The molecule has 2 aromatic rings. The van der Waals surface area contributed by atoms with Gasteiger partial charge in [-0.3, -0.25) is 4.79 Å². The van der Waals surface area contributed by atoms with E-state index in [0.717, 1.165) is 11.3 Å². The standard InChI is InChI=1S/C15H17ClN2OS/c1-9-6-5-7-10(16)11(9)18-14(19)12-13(15(2,3)4)17-8-20-12/h5-8H,1-4H3,(H,18,19). The second-order valence-electron chi connectivity index (χ2n) is 5.67. The van der Waals surface area contributed by atoms with Crippen molar-refractivity contribution in [3.8, 4) is 0 Å². The summed E-state index contributed by atoms with van der Waals surface area (Å²) in [6, 6.07) is 5.54. The molecule has 0 fully saturated rings. The average molecular weight is 309 g/mol. The van der Waals surface area contributed by atoms with Crippen molar-refractivity contribution in [1.82, 2.24) is 4.98 Å². The number of anilines is 1. The first-order valence-corrected chi connectivity index (χ1v) is 7.57. The first kappa shape index (κ1) is 15.0. The molecule has 0 aliphatic heterocycles. The van der Waals surface area contributed by atoms with E-state index in [9.17, 15) is 4.79 Å². The summed E-state index contributed by atoms with van der Waals surface area (Å²) in [5.41, 5.74) is 3.95. The maximum absolute atomic E-state index is 12.4. The third-order valence-corrected chi connectivity index (χ3v) is 4.08. The van der Waals surface area contributed by atoms with Crippen molar-refractivity contribution in [3.05, 3.63) is 44.9 Å². The summed E-state index contributed by atoms with van der Waals surface area (Å²) >= 11 is 7.49. The number of thiazole rings is 1. The highest BCUT2D eigenvalue weighted by Gasteiger charge is 2.25. The smallest absolute Gasteiger partial charge is 0.267 e. The number of amides is 1. The van der Waals surface area contributed by atoms with Crippen LogP contribution in [0.25, 0.3) is 0 Å². The predicted molar refractivity (Wildman–Crippen MR) is 85.0 cm³/mol. The van der Waals surface area contributed by atoms with E-state index in [1.54, 1.807) is 11.6 Å². The topological polar surface area (TPSA) is 42.0 Å². The molecule has 0 saturated carbocycles. The summed E-state index contributed by atoms with van der Waals surface area (Å²) in [6.07, 6.45) is 0. The van der Waals surface area contributed by atoms with Gasteiger partial charge in [-0.05, 0) is 18.6 Å². The molecule has 1 aromatic carbocycles. The van der Waals surface area contributed by atoms with Crippen molar-refractivity contribution in [2.45, 2.75) is 33.1 Å². The average Bonchev–Trinajstić information content (AvgIpc) is 2.82. The van der Waals surface area contributed by atoms with Crippen LogP contribution in [0.4, 0.5) is 5.69 Å². The van der Waals surface area contributed by atoms with Gasteiger partial charge in [0.15, 0.2) is 0 Å². The van der Waals surface area contributed by atoms with Crippen LogP contribution in [-0.2, 0) is 5.41 Å². The Morgan fingerprint density at radius 1 is 1.35 bits per heavy atom. The van der Waals surface area contributed by atoms with Crippen molar-refractivity contribution in [3.63, 3.8) is 0 Å². The van der Waals surface area contributed by atoms with Crippen LogP contribution in [0.1, 0.15) is 41.7 Å². The van der Waals surface area contributed by atoms with Gasteiger partial charge in [-0.25, -0.2) is 4.98 Å². The van der Waals surface area contributed by atoms with Gasteiger partial charge in [-0.2, -0.15) is 0 Å². The number of nitrogens with zero attached hydrogens (tertiary/aromatic N) is 1. The fourth-order valence-corrected chi connectivity index (χ4v) is 3.06. The minimum atomic E-state index is -0.164. The van der Waals surface area contributed by atoms with E-state index in [-0.39, 0.29) is 11.3 Å². The molecule has 1 N–H and O–H groups in total. The molecule has 20 heavy (non-hydrogen) atoms. The highest BCUT2D eigenvalue weighted by atomic mass is 35.5. The van der Waals surface area contributed by atoms with E-state index in [4.69, 9.17) is 11.6 Å². The second kappa shape index (κ2) is 5.54. The largest absolute Gasteiger partial charge is 0.320 e. The van der Waals surface area contributed by atoms with Gasteiger partial charge < -0.3 is 5.32 Å². The van der Waals surface area contributed by atoms with Gasteiger partial charge >= 0.3 is 0 Å². The zero-order valence-corrected chi connectivity index (χ0v) is 13.5. The van der Waals surface area contributed by atoms with Crippen LogP contribution in [0.3, 0.4) is 0 Å². The molecular weight excluding hydrogens is 292 g/mol. The Morgan fingerprint density at radius 2 is 2.05 bits per heavy atom. The number of aryl methyl sites for hydroxylation is 1. The summed E-state index contributed by atoms with van der Waals surface area (Å²) in [5, 5.41) is 3.43. The lowest BCUT2D eigenvalue weighted by molar-refractivity contribution is 0.102. The van der Waals surface area contributed by atoms with Crippen LogP contribution in [-0.4, -0.2) is 10.9 Å². The monoisotopic (exact) mass is 308 g/mol. The summed E-state index contributed by atoms with van der Waals surface area (Å²) in [4.78, 5) is 17.4. The number of para-hydroxylation sites is 1. The number of nitrogens with one attached hydrogen (secondary N) is 1. The van der Waals surface area contributed by atoms with Crippen LogP contribution in [0, 0.1) is 6.92 Å². The van der Waals surface area contributed by atoms with Gasteiger partial charge in [0.25, 0.3) is 5.91 Å². The minimum absolute atomic E-state index is 0.159. The van der Waals surface area contributed by atoms with Crippen LogP contribution in [0.5, 0.6) is 0 Å². The molecule has 0 radical (unpaired) electrons. The lowest BCUT2D eigenvalue weighted by Crippen LogP contribution is -2.20. The molecule has 0 aliphatic rings. The summed E-state index contributed by atoms with van der Waals surface area (Å²) in [6.45, 7) is 8.04. The highest BCUT2D eigenvalue weighted by molar-refractivity contribution is 7.12. The molecule has 1 aromatic heterocycles. The normalized spacial score (nSPS) is 11.4. The van der Waals surface area contributed by atoms with Gasteiger partial charge in [-0.1, -0.05) is 44.5 Å². The van der Waals surface area contributed by atoms with Crippen molar-refractivity contribution in [1.29, 1.82) is 0 Å². The number of halogens is 1. The third kappa shape index (κ3) is 3.02. The van der Waals surface area contributed by atoms with E-state index in [1.807, 2.05) is 39.8 Å². The number of carbonyl (C=O) groups is 1. The Hall–Kier alpha value is -1.39. The van der Waals surface area contributed by atoms with Crippen molar-refractivity contribution >= 4 is 34.5 Å². The molecule has 0 saturated heterocycles. The zero-order valence-electron chi connectivity index (χ0n) is 12.0. The lowest BCUT2D eigenvalue weighted by Gasteiger charge is -2.17. The maximum Gasteiger partial charge on any atom is 0.267 e. The molecular formula is C15H17ClN2OS.